The summed E-state index contributed by atoms with van der Waals surface area (Å²) in [6.07, 6.45) is -2.91. The molecule has 2 aliphatic carbocycles. The third kappa shape index (κ3) is 9.86. The molecule has 0 aromatic heterocycles. The molecule has 0 radical (unpaired) electrons. The number of benzene rings is 5. The third-order valence-corrected chi connectivity index (χ3v) is 10.7. The highest BCUT2D eigenvalue weighted by molar-refractivity contribution is 6.06. The van der Waals surface area contributed by atoms with Crippen LogP contribution in [0.3, 0.4) is 0 Å². The zero-order valence-corrected chi connectivity index (χ0v) is 33.1. The van der Waals surface area contributed by atoms with Gasteiger partial charge in [0.2, 0.25) is 0 Å². The van der Waals surface area contributed by atoms with Gasteiger partial charge in [-0.15, -0.1) is 0 Å². The van der Waals surface area contributed by atoms with Crippen LogP contribution in [-0.2, 0) is 54.8 Å². The predicted octanol–water partition coefficient (Wildman–Crippen LogP) is 10.7. The molecule has 7 heteroatoms. The molecule has 298 valence electrons. The van der Waals surface area contributed by atoms with Gasteiger partial charge in [-0.2, -0.15) is 0 Å². The maximum Gasteiger partial charge on any atom is 0.339 e. The summed E-state index contributed by atoms with van der Waals surface area (Å²) in [6.45, 7) is 1.67. The minimum absolute atomic E-state index is 0.249. The van der Waals surface area contributed by atoms with Crippen molar-refractivity contribution < 1.29 is 33.2 Å². The Morgan fingerprint density at radius 1 is 0.492 bits per heavy atom. The van der Waals surface area contributed by atoms with Crippen LogP contribution in [0.2, 0.25) is 0 Å². The Balaban J connectivity index is 1.21. The van der Waals surface area contributed by atoms with Crippen molar-refractivity contribution >= 4 is 5.97 Å². The average molecular weight is 785 g/mol. The molecule has 0 bridgehead atoms. The maximum absolute atomic E-state index is 13.4. The molecule has 5 unspecified atom stereocenters. The maximum atomic E-state index is 13.4. The fourth-order valence-electron chi connectivity index (χ4n) is 7.78. The van der Waals surface area contributed by atoms with Crippen LogP contribution < -0.4 is 0 Å². The molecule has 3 aliphatic rings. The Morgan fingerprint density at radius 2 is 0.966 bits per heavy atom. The minimum atomic E-state index is -0.613. The van der Waals surface area contributed by atoms with E-state index in [9.17, 15) is 4.79 Å². The molecular weight excluding hydrogens is 737 g/mol. The molecule has 0 spiro atoms. The first-order chi connectivity index (χ1) is 29.1. The van der Waals surface area contributed by atoms with E-state index in [-0.39, 0.29) is 6.61 Å². The highest BCUT2D eigenvalue weighted by Crippen LogP contribution is 2.42. The topological polar surface area (TPSA) is 72.5 Å². The van der Waals surface area contributed by atoms with Gasteiger partial charge in [0.05, 0.1) is 45.7 Å². The SMILES string of the molecule is COC(=O)c1c2cccccc-2cc1-c1cccc(C2OC(COCc3ccccc3)C(OCc3ccccc3)C(OCc3ccccc3)C2OCc2ccccc2)c1. The van der Waals surface area contributed by atoms with Crippen molar-refractivity contribution in [2.75, 3.05) is 13.7 Å². The van der Waals surface area contributed by atoms with E-state index in [4.69, 9.17) is 28.4 Å². The van der Waals surface area contributed by atoms with Crippen LogP contribution in [-0.4, -0.2) is 44.1 Å². The summed E-state index contributed by atoms with van der Waals surface area (Å²) in [5, 5.41) is 0. The van der Waals surface area contributed by atoms with Gasteiger partial charge in [0.15, 0.2) is 0 Å². The highest BCUT2D eigenvalue weighted by Gasteiger charge is 2.49. The number of esters is 1. The van der Waals surface area contributed by atoms with Crippen LogP contribution in [0.5, 0.6) is 0 Å². The molecule has 1 fully saturated rings. The third-order valence-electron chi connectivity index (χ3n) is 10.7. The van der Waals surface area contributed by atoms with Crippen molar-refractivity contribution in [2.45, 2.75) is 56.9 Å². The lowest BCUT2D eigenvalue weighted by molar-refractivity contribution is -0.275. The molecule has 8 rings (SSSR count). The van der Waals surface area contributed by atoms with Crippen molar-refractivity contribution in [2.24, 2.45) is 0 Å². The Morgan fingerprint density at radius 3 is 1.54 bits per heavy atom. The monoisotopic (exact) mass is 784 g/mol. The number of hydrogen-bond acceptors (Lipinski definition) is 7. The second kappa shape index (κ2) is 19.7. The van der Waals surface area contributed by atoms with Gasteiger partial charge in [-0.05, 0) is 62.2 Å². The normalized spacial score (nSPS) is 19.0. The lowest BCUT2D eigenvalue weighted by Crippen LogP contribution is -2.58. The standard InChI is InChI=1S/C52H48O7/c1-54-52(53)47-44-29-16-6-15-26-42(44)31-45(47)41-27-17-28-43(30-41)48-50(57-34-39-22-11-4-12-23-39)51(58-35-40-24-13-5-14-25-40)49(56-33-38-20-9-3-10-21-38)46(59-48)36-55-32-37-18-7-2-8-19-37/h2-31,46,48-51H,32-36H2,1H3. The molecule has 59 heavy (non-hydrogen) atoms. The average Bonchev–Trinajstić information content (AvgIpc) is 3.50. The summed E-state index contributed by atoms with van der Waals surface area (Å²) in [5.74, 6) is -0.395. The Kier molecular flexibility index (Phi) is 13.3. The first-order valence-electron chi connectivity index (χ1n) is 20.1. The van der Waals surface area contributed by atoms with Gasteiger partial charge in [-0.1, -0.05) is 170 Å². The summed E-state index contributed by atoms with van der Waals surface area (Å²) in [7, 11) is 1.42. The van der Waals surface area contributed by atoms with E-state index in [1.165, 1.54) is 7.11 Å². The smallest absolute Gasteiger partial charge is 0.339 e. The second-order valence-electron chi connectivity index (χ2n) is 14.7. The Bertz CT molecular complexity index is 2330. The Hall–Kier alpha value is -5.93. The zero-order valence-electron chi connectivity index (χ0n) is 33.1. The molecule has 0 N–H and O–H groups in total. The van der Waals surface area contributed by atoms with E-state index < -0.39 is 36.5 Å². The van der Waals surface area contributed by atoms with Crippen molar-refractivity contribution in [3.8, 4) is 22.3 Å². The van der Waals surface area contributed by atoms with Crippen LogP contribution in [0.4, 0.5) is 0 Å². The molecule has 5 aromatic carbocycles. The van der Waals surface area contributed by atoms with Crippen LogP contribution in [0.1, 0.15) is 44.3 Å². The molecular formula is C52H48O7. The molecule has 0 amide bonds. The van der Waals surface area contributed by atoms with E-state index in [1.807, 2.05) is 133 Å². The van der Waals surface area contributed by atoms with Crippen molar-refractivity contribution in [1.82, 2.24) is 0 Å². The number of methoxy groups -OCH3 is 1. The van der Waals surface area contributed by atoms with Crippen LogP contribution in [0, 0.1) is 0 Å². The summed E-state index contributed by atoms with van der Waals surface area (Å²) >= 11 is 0. The number of hydrogen-bond donors (Lipinski definition) is 0. The second-order valence-corrected chi connectivity index (χ2v) is 14.7. The molecule has 1 heterocycles. The molecule has 1 saturated heterocycles. The number of rotatable bonds is 16. The number of fused-ring (bicyclic) bond motifs is 1. The summed E-state index contributed by atoms with van der Waals surface area (Å²) in [5.41, 5.74) is 8.94. The first-order valence-corrected chi connectivity index (χ1v) is 20.1. The van der Waals surface area contributed by atoms with Gasteiger partial charge in [-0.25, -0.2) is 4.79 Å². The molecule has 7 nitrogen and oxygen atoms in total. The van der Waals surface area contributed by atoms with Crippen LogP contribution in [0.15, 0.2) is 182 Å². The van der Waals surface area contributed by atoms with Gasteiger partial charge >= 0.3 is 5.97 Å². The number of carbonyl (C=O) groups is 1. The van der Waals surface area contributed by atoms with E-state index in [1.54, 1.807) is 0 Å². The fraction of sp³-hybridized carbons (Fsp3) is 0.212. The van der Waals surface area contributed by atoms with Crippen molar-refractivity contribution in [1.29, 1.82) is 0 Å². The summed E-state index contributed by atoms with van der Waals surface area (Å²) < 4.78 is 39.8. The van der Waals surface area contributed by atoms with E-state index >= 15 is 0 Å². The summed E-state index contributed by atoms with van der Waals surface area (Å²) in [6, 6.07) is 60.5. The van der Waals surface area contributed by atoms with Gasteiger partial charge < -0.3 is 28.4 Å². The first kappa shape index (κ1) is 39.9. The van der Waals surface area contributed by atoms with E-state index in [2.05, 4.69) is 48.5 Å². The zero-order chi connectivity index (χ0) is 40.2. The Labute approximate surface area is 346 Å². The van der Waals surface area contributed by atoms with Gasteiger partial charge in [0.1, 0.15) is 30.5 Å². The van der Waals surface area contributed by atoms with Crippen LogP contribution in [0.25, 0.3) is 22.3 Å². The van der Waals surface area contributed by atoms with Gasteiger partial charge in [0, 0.05) is 0 Å². The quantitative estimate of drug-likeness (QED) is 0.0904. The minimum Gasteiger partial charge on any atom is -0.465 e. The molecule has 0 saturated carbocycles. The van der Waals surface area contributed by atoms with Crippen molar-refractivity contribution in [3.63, 3.8) is 0 Å². The van der Waals surface area contributed by atoms with E-state index in [0.29, 0.717) is 32.0 Å². The molecule has 1 aliphatic heterocycles. The highest BCUT2D eigenvalue weighted by atomic mass is 16.6. The molecule has 5 aromatic rings. The van der Waals surface area contributed by atoms with Gasteiger partial charge in [0.25, 0.3) is 0 Å². The fourth-order valence-corrected chi connectivity index (χ4v) is 7.78. The lowest BCUT2D eigenvalue weighted by atomic mass is 9.89. The summed E-state index contributed by atoms with van der Waals surface area (Å²) in [4.78, 5) is 13.4. The van der Waals surface area contributed by atoms with Crippen LogP contribution >= 0.6 is 0 Å². The number of carbonyl (C=O) groups excluding carboxylic acids is 1. The van der Waals surface area contributed by atoms with Gasteiger partial charge in [-0.3, -0.25) is 0 Å². The number of ether oxygens (including phenoxy) is 6. The lowest BCUT2D eigenvalue weighted by Gasteiger charge is -2.46. The molecule has 5 atom stereocenters. The van der Waals surface area contributed by atoms with Crippen molar-refractivity contribution in [3.05, 3.63) is 215 Å². The largest absolute Gasteiger partial charge is 0.465 e. The predicted molar refractivity (Wildman–Crippen MR) is 229 cm³/mol. The van der Waals surface area contributed by atoms with E-state index in [0.717, 1.165) is 50.1 Å².